The van der Waals surface area contributed by atoms with Crippen LogP contribution in [0.25, 0.3) is 0 Å². The molecule has 0 saturated carbocycles. The van der Waals surface area contributed by atoms with Crippen molar-refractivity contribution in [3.05, 3.63) is 70.8 Å². The summed E-state index contributed by atoms with van der Waals surface area (Å²) >= 11 is 0. The fourth-order valence-corrected chi connectivity index (χ4v) is 4.71. The predicted octanol–water partition coefficient (Wildman–Crippen LogP) is 8.16. The SMILES string of the molecule is CC(C)CC[C@@H](c1ccc(C(F)(F)F)cc1)N1CC[C@@H](C(=O)O)C[C@H]1c1ccc(C(F)(F)F)cc1.Cl. The lowest BCUT2D eigenvalue weighted by Gasteiger charge is -2.44. The van der Waals surface area contributed by atoms with Crippen LogP contribution in [-0.4, -0.2) is 22.5 Å². The standard InChI is InChI=1S/C26H29F6NO2.ClH/c1-16(2)3-12-22(17-4-8-20(9-5-17)25(27,28)29)33-14-13-19(24(34)35)15-23(33)18-6-10-21(11-7-18)26(30,31)32;/h4-11,16,19,22-23H,3,12-15H2,1-2H3,(H,34,35);1H/t19-,22+,23+;/m1./s1. The Labute approximate surface area is 212 Å². The molecule has 2 aromatic carbocycles. The van der Waals surface area contributed by atoms with Crippen LogP contribution in [0.2, 0.25) is 0 Å². The van der Waals surface area contributed by atoms with Crippen LogP contribution in [-0.2, 0) is 17.1 Å². The summed E-state index contributed by atoms with van der Waals surface area (Å²) in [5, 5.41) is 9.60. The van der Waals surface area contributed by atoms with Gasteiger partial charge in [-0.2, -0.15) is 26.3 Å². The quantitative estimate of drug-likeness (QED) is 0.362. The van der Waals surface area contributed by atoms with Gasteiger partial charge in [-0.05, 0) is 67.0 Å². The average molecular weight is 538 g/mol. The number of hydrogen-bond acceptors (Lipinski definition) is 2. The van der Waals surface area contributed by atoms with E-state index in [1.54, 1.807) is 0 Å². The van der Waals surface area contributed by atoms with Crippen LogP contribution >= 0.6 is 12.4 Å². The minimum Gasteiger partial charge on any atom is -0.481 e. The van der Waals surface area contributed by atoms with Crippen LogP contribution in [0, 0.1) is 11.8 Å². The smallest absolute Gasteiger partial charge is 0.416 e. The molecule has 2 aromatic rings. The normalized spacial score (nSPS) is 20.1. The molecule has 0 spiro atoms. The maximum atomic E-state index is 13.1. The molecule has 0 radical (unpaired) electrons. The molecule has 3 nitrogen and oxygen atoms in total. The highest BCUT2D eigenvalue weighted by atomic mass is 35.5. The molecule has 3 atom stereocenters. The van der Waals surface area contributed by atoms with E-state index in [1.165, 1.54) is 24.3 Å². The third kappa shape index (κ3) is 7.38. The van der Waals surface area contributed by atoms with E-state index in [2.05, 4.69) is 0 Å². The molecule has 0 unspecified atom stereocenters. The highest BCUT2D eigenvalue weighted by molar-refractivity contribution is 5.85. The number of benzene rings is 2. The second-order valence-electron chi connectivity index (χ2n) is 9.54. The minimum absolute atomic E-state index is 0. The minimum atomic E-state index is -4.49. The summed E-state index contributed by atoms with van der Waals surface area (Å²) in [6.45, 7) is 4.44. The van der Waals surface area contributed by atoms with Crippen molar-refractivity contribution < 1.29 is 36.2 Å². The summed E-state index contributed by atoms with van der Waals surface area (Å²) in [6, 6.07) is 8.89. The van der Waals surface area contributed by atoms with Gasteiger partial charge in [0.05, 0.1) is 17.0 Å². The first-order valence-electron chi connectivity index (χ1n) is 11.6. The molecule has 1 fully saturated rings. The molecule has 0 bridgehead atoms. The number of aliphatic carboxylic acids is 1. The predicted molar refractivity (Wildman–Crippen MR) is 127 cm³/mol. The summed E-state index contributed by atoms with van der Waals surface area (Å²) < 4.78 is 78.5. The van der Waals surface area contributed by atoms with Gasteiger partial charge >= 0.3 is 18.3 Å². The highest BCUT2D eigenvalue weighted by Gasteiger charge is 2.38. The molecule has 1 aliphatic heterocycles. The second kappa shape index (κ2) is 11.9. The van der Waals surface area contributed by atoms with E-state index in [4.69, 9.17) is 0 Å². The van der Waals surface area contributed by atoms with Crippen molar-refractivity contribution >= 4 is 18.4 Å². The van der Waals surface area contributed by atoms with Gasteiger partial charge in [-0.15, -0.1) is 12.4 Å². The number of piperidine rings is 1. The zero-order valence-corrected chi connectivity index (χ0v) is 20.8. The van der Waals surface area contributed by atoms with Gasteiger partial charge in [0.25, 0.3) is 0 Å². The van der Waals surface area contributed by atoms with Gasteiger partial charge in [0.1, 0.15) is 0 Å². The van der Waals surface area contributed by atoms with E-state index in [1.807, 2.05) is 18.7 Å². The van der Waals surface area contributed by atoms with Gasteiger partial charge in [-0.1, -0.05) is 38.1 Å². The fourth-order valence-electron chi connectivity index (χ4n) is 4.71. The molecule has 1 heterocycles. The Morgan fingerprint density at radius 1 is 0.917 bits per heavy atom. The van der Waals surface area contributed by atoms with Crippen molar-refractivity contribution in [1.82, 2.24) is 4.90 Å². The first-order chi connectivity index (χ1) is 16.3. The molecule has 0 amide bonds. The van der Waals surface area contributed by atoms with Crippen molar-refractivity contribution in [1.29, 1.82) is 0 Å². The van der Waals surface area contributed by atoms with Crippen molar-refractivity contribution in [3.63, 3.8) is 0 Å². The molecule has 3 rings (SSSR count). The lowest BCUT2D eigenvalue weighted by atomic mass is 9.83. The van der Waals surface area contributed by atoms with E-state index in [9.17, 15) is 36.2 Å². The summed E-state index contributed by atoms with van der Waals surface area (Å²) in [5.41, 5.74) is -0.319. The largest absolute Gasteiger partial charge is 0.481 e. The maximum Gasteiger partial charge on any atom is 0.416 e. The summed E-state index contributed by atoms with van der Waals surface area (Å²) in [4.78, 5) is 13.8. The number of hydrogen-bond donors (Lipinski definition) is 1. The van der Waals surface area contributed by atoms with Gasteiger partial charge in [0.15, 0.2) is 0 Å². The van der Waals surface area contributed by atoms with Crippen LogP contribution in [0.4, 0.5) is 26.3 Å². The van der Waals surface area contributed by atoms with E-state index in [0.29, 0.717) is 36.4 Å². The van der Waals surface area contributed by atoms with Gasteiger partial charge in [-0.25, -0.2) is 0 Å². The number of carboxylic acids is 1. The zero-order valence-electron chi connectivity index (χ0n) is 19.9. The summed E-state index contributed by atoms with van der Waals surface area (Å²) in [7, 11) is 0. The Bertz CT molecular complexity index is 989. The lowest BCUT2D eigenvalue weighted by molar-refractivity contribution is -0.144. The van der Waals surface area contributed by atoms with Crippen molar-refractivity contribution in [2.75, 3.05) is 6.54 Å². The van der Waals surface area contributed by atoms with E-state index < -0.39 is 41.4 Å². The lowest BCUT2D eigenvalue weighted by Crippen LogP contribution is -2.41. The first kappa shape index (κ1) is 30.0. The maximum absolute atomic E-state index is 13.1. The number of rotatable bonds is 7. The number of nitrogens with zero attached hydrogens (tertiary/aromatic N) is 1. The molecular weight excluding hydrogens is 508 g/mol. The van der Waals surface area contributed by atoms with Crippen LogP contribution < -0.4 is 0 Å². The number of alkyl halides is 6. The van der Waals surface area contributed by atoms with E-state index in [-0.39, 0.29) is 24.9 Å². The molecule has 1 saturated heterocycles. The van der Waals surface area contributed by atoms with E-state index in [0.717, 1.165) is 30.7 Å². The van der Waals surface area contributed by atoms with Gasteiger partial charge < -0.3 is 5.11 Å². The average Bonchev–Trinajstić information content (AvgIpc) is 2.78. The Morgan fingerprint density at radius 3 is 1.86 bits per heavy atom. The number of likely N-dealkylation sites (tertiary alicyclic amines) is 1. The monoisotopic (exact) mass is 537 g/mol. The number of carbonyl (C=O) groups is 1. The van der Waals surface area contributed by atoms with Gasteiger partial charge in [0, 0.05) is 18.6 Å². The molecule has 0 aliphatic carbocycles. The third-order valence-electron chi connectivity index (χ3n) is 6.66. The summed E-state index contributed by atoms with van der Waals surface area (Å²) in [5.74, 6) is -1.29. The van der Waals surface area contributed by atoms with Crippen molar-refractivity contribution in [3.8, 4) is 0 Å². The molecule has 200 valence electrons. The Balaban J connectivity index is 0.00000456. The Hall–Kier alpha value is -2.26. The molecule has 10 heteroatoms. The molecule has 0 aromatic heterocycles. The first-order valence-corrected chi connectivity index (χ1v) is 11.6. The topological polar surface area (TPSA) is 40.5 Å². The summed E-state index contributed by atoms with van der Waals surface area (Å²) in [6.07, 6.45) is -6.99. The van der Waals surface area contributed by atoms with Gasteiger partial charge in [-0.3, -0.25) is 9.69 Å². The highest BCUT2D eigenvalue weighted by Crippen LogP contribution is 2.43. The second-order valence-corrected chi connectivity index (χ2v) is 9.54. The van der Waals surface area contributed by atoms with Crippen LogP contribution in [0.3, 0.4) is 0 Å². The molecular formula is C26H30ClF6NO2. The van der Waals surface area contributed by atoms with Crippen molar-refractivity contribution in [2.24, 2.45) is 11.8 Å². The number of halogens is 7. The Kier molecular flexibility index (Phi) is 9.87. The molecule has 1 N–H and O–H groups in total. The van der Waals surface area contributed by atoms with Gasteiger partial charge in [0.2, 0.25) is 0 Å². The van der Waals surface area contributed by atoms with Crippen molar-refractivity contribution in [2.45, 2.75) is 64.0 Å². The van der Waals surface area contributed by atoms with E-state index >= 15 is 0 Å². The van der Waals surface area contributed by atoms with Crippen LogP contribution in [0.1, 0.15) is 73.9 Å². The third-order valence-corrected chi connectivity index (χ3v) is 6.66. The zero-order chi connectivity index (χ0) is 26.0. The molecule has 36 heavy (non-hydrogen) atoms. The Morgan fingerprint density at radius 2 is 1.42 bits per heavy atom. The van der Waals surface area contributed by atoms with Crippen LogP contribution in [0.5, 0.6) is 0 Å². The fraction of sp³-hybridized carbons (Fsp3) is 0.500. The van der Waals surface area contributed by atoms with Crippen LogP contribution in [0.15, 0.2) is 48.5 Å². The number of carboxylic acid groups (broad SMARTS) is 1. The molecule has 1 aliphatic rings.